The first-order valence-corrected chi connectivity index (χ1v) is 10.5. The van der Waals surface area contributed by atoms with Gasteiger partial charge in [0.15, 0.2) is 5.96 Å². The Morgan fingerprint density at radius 1 is 0.875 bits per heavy atom. The minimum absolute atomic E-state index is 0.0683. The van der Waals surface area contributed by atoms with E-state index in [0.29, 0.717) is 28.1 Å². The molecule has 32 heavy (non-hydrogen) atoms. The summed E-state index contributed by atoms with van der Waals surface area (Å²) in [6, 6.07) is 19.9. The third kappa shape index (κ3) is 4.47. The Balaban J connectivity index is 1.35. The summed E-state index contributed by atoms with van der Waals surface area (Å²) in [4.78, 5) is 43.1. The fraction of sp³-hybridized carbons (Fsp3) is 0.0435. The van der Waals surface area contributed by atoms with Crippen molar-refractivity contribution in [1.82, 2.24) is 4.90 Å². The number of hydrogen-bond donors (Lipinski definition) is 2. The zero-order chi connectivity index (χ0) is 22.7. The minimum Gasteiger partial charge on any atom is -0.423 e. The number of carbonyl (C=O) groups is 3. The number of rotatable bonds is 6. The topological polar surface area (TPSA) is 128 Å². The Morgan fingerprint density at radius 3 is 2.03 bits per heavy atom. The number of amides is 2. The standard InChI is InChI=1S/C23H18N4O4S/c24-23(25)26-15-7-5-14(6-8-15)22(30)31-16-9-11-17(12-10-16)32-13-27-20(28)18-3-1-2-4-19(18)21(27)29/h1-12H,13H2,(H4,24,25,26). The van der Waals surface area contributed by atoms with Crippen molar-refractivity contribution >= 4 is 41.2 Å². The molecule has 1 heterocycles. The van der Waals surface area contributed by atoms with Gasteiger partial charge in [-0.2, -0.15) is 0 Å². The van der Waals surface area contributed by atoms with Gasteiger partial charge in [0.1, 0.15) is 5.75 Å². The summed E-state index contributed by atoms with van der Waals surface area (Å²) in [6.07, 6.45) is 0. The predicted molar refractivity (Wildman–Crippen MR) is 121 cm³/mol. The van der Waals surface area contributed by atoms with Crippen molar-refractivity contribution in [2.24, 2.45) is 16.5 Å². The Labute approximate surface area is 187 Å². The molecule has 0 aromatic heterocycles. The number of carbonyl (C=O) groups excluding carboxylic acids is 3. The number of benzene rings is 3. The Hall–Kier alpha value is -4.11. The molecule has 0 atom stereocenters. The molecular formula is C23H18N4O4S. The average molecular weight is 446 g/mol. The molecule has 9 heteroatoms. The molecule has 0 saturated heterocycles. The van der Waals surface area contributed by atoms with E-state index in [1.807, 2.05) is 0 Å². The number of thioether (sulfide) groups is 1. The number of imide groups is 1. The quantitative estimate of drug-likeness (QED) is 0.149. The first-order chi connectivity index (χ1) is 15.4. The molecule has 0 fully saturated rings. The average Bonchev–Trinajstić information content (AvgIpc) is 3.03. The van der Waals surface area contributed by atoms with Crippen LogP contribution in [0.1, 0.15) is 31.1 Å². The summed E-state index contributed by atoms with van der Waals surface area (Å²) in [6.45, 7) is 0. The number of aliphatic imine (C=N–C) groups is 1. The molecule has 8 nitrogen and oxygen atoms in total. The van der Waals surface area contributed by atoms with Crippen molar-refractivity contribution in [2.75, 3.05) is 5.88 Å². The van der Waals surface area contributed by atoms with Crippen LogP contribution in [0.2, 0.25) is 0 Å². The zero-order valence-corrected chi connectivity index (χ0v) is 17.5. The van der Waals surface area contributed by atoms with Crippen LogP contribution >= 0.6 is 11.8 Å². The van der Waals surface area contributed by atoms with Gasteiger partial charge in [-0.15, -0.1) is 11.8 Å². The number of guanidine groups is 1. The van der Waals surface area contributed by atoms with Gasteiger partial charge < -0.3 is 16.2 Å². The van der Waals surface area contributed by atoms with E-state index < -0.39 is 5.97 Å². The van der Waals surface area contributed by atoms with E-state index in [0.717, 1.165) is 4.90 Å². The molecule has 1 aliphatic rings. The smallest absolute Gasteiger partial charge is 0.343 e. The van der Waals surface area contributed by atoms with Crippen LogP contribution in [0.3, 0.4) is 0 Å². The summed E-state index contributed by atoms with van der Waals surface area (Å²) in [5.41, 5.74) is 12.4. The van der Waals surface area contributed by atoms with Crippen LogP contribution in [0.25, 0.3) is 0 Å². The lowest BCUT2D eigenvalue weighted by Crippen LogP contribution is -2.29. The molecule has 2 amide bonds. The third-order valence-electron chi connectivity index (χ3n) is 4.63. The normalized spacial score (nSPS) is 12.4. The zero-order valence-electron chi connectivity index (χ0n) is 16.7. The molecule has 4 N–H and O–H groups in total. The fourth-order valence-corrected chi connectivity index (χ4v) is 3.93. The second-order valence-electron chi connectivity index (χ2n) is 6.80. The van der Waals surface area contributed by atoms with Gasteiger partial charge >= 0.3 is 5.97 Å². The second-order valence-corrected chi connectivity index (χ2v) is 7.82. The Kier molecular flexibility index (Phi) is 5.91. The van der Waals surface area contributed by atoms with Gasteiger partial charge in [-0.3, -0.25) is 14.5 Å². The molecule has 1 aliphatic heterocycles. The molecule has 0 radical (unpaired) electrons. The van der Waals surface area contributed by atoms with Crippen molar-refractivity contribution in [3.63, 3.8) is 0 Å². The predicted octanol–water partition coefficient (Wildman–Crippen LogP) is 3.16. The summed E-state index contributed by atoms with van der Waals surface area (Å²) in [7, 11) is 0. The van der Waals surface area contributed by atoms with Gasteiger partial charge in [0, 0.05) is 4.90 Å². The van der Waals surface area contributed by atoms with Gasteiger partial charge in [0.25, 0.3) is 11.8 Å². The van der Waals surface area contributed by atoms with Gasteiger partial charge in [-0.05, 0) is 60.7 Å². The molecule has 160 valence electrons. The number of ether oxygens (including phenoxy) is 1. The van der Waals surface area contributed by atoms with E-state index in [1.54, 1.807) is 72.8 Å². The number of esters is 1. The van der Waals surface area contributed by atoms with Gasteiger partial charge in [-0.1, -0.05) is 12.1 Å². The fourth-order valence-electron chi connectivity index (χ4n) is 3.09. The summed E-state index contributed by atoms with van der Waals surface area (Å²) in [5.74, 6) is -0.625. The van der Waals surface area contributed by atoms with Gasteiger partial charge in [0.2, 0.25) is 0 Å². The number of nitrogens with zero attached hydrogens (tertiary/aromatic N) is 2. The molecule has 4 rings (SSSR count). The van der Waals surface area contributed by atoms with E-state index in [9.17, 15) is 14.4 Å². The lowest BCUT2D eigenvalue weighted by molar-refractivity contribution is 0.0681. The maximum Gasteiger partial charge on any atom is 0.343 e. The number of nitrogens with two attached hydrogens (primary N) is 2. The van der Waals surface area contributed by atoms with Crippen LogP contribution in [0.5, 0.6) is 5.75 Å². The van der Waals surface area contributed by atoms with E-state index in [1.165, 1.54) is 16.7 Å². The van der Waals surface area contributed by atoms with Crippen LogP contribution in [-0.4, -0.2) is 34.5 Å². The van der Waals surface area contributed by atoms with Crippen molar-refractivity contribution in [3.05, 3.63) is 89.5 Å². The van der Waals surface area contributed by atoms with E-state index >= 15 is 0 Å². The highest BCUT2D eigenvalue weighted by Gasteiger charge is 2.34. The highest BCUT2D eigenvalue weighted by Crippen LogP contribution is 2.28. The van der Waals surface area contributed by atoms with Crippen molar-refractivity contribution in [2.45, 2.75) is 4.90 Å². The highest BCUT2D eigenvalue weighted by atomic mass is 32.2. The molecule has 0 spiro atoms. The Morgan fingerprint density at radius 2 is 1.47 bits per heavy atom. The van der Waals surface area contributed by atoms with Gasteiger partial charge in [0.05, 0.1) is 28.3 Å². The van der Waals surface area contributed by atoms with Gasteiger partial charge in [-0.25, -0.2) is 9.79 Å². The lowest BCUT2D eigenvalue weighted by atomic mass is 10.1. The van der Waals surface area contributed by atoms with Crippen LogP contribution in [0.4, 0.5) is 5.69 Å². The molecule has 3 aromatic rings. The van der Waals surface area contributed by atoms with Crippen molar-refractivity contribution in [1.29, 1.82) is 0 Å². The molecular weight excluding hydrogens is 428 g/mol. The van der Waals surface area contributed by atoms with Crippen LogP contribution in [-0.2, 0) is 0 Å². The first kappa shape index (κ1) is 21.1. The third-order valence-corrected chi connectivity index (χ3v) is 5.63. The SMILES string of the molecule is NC(N)=Nc1ccc(C(=O)Oc2ccc(SCN3C(=O)c4ccccc4C3=O)cc2)cc1. The monoisotopic (exact) mass is 446 g/mol. The number of hydrogen-bond acceptors (Lipinski definition) is 6. The van der Waals surface area contributed by atoms with Crippen LogP contribution in [0.15, 0.2) is 82.7 Å². The highest BCUT2D eigenvalue weighted by molar-refractivity contribution is 7.99. The molecule has 0 unspecified atom stereocenters. The first-order valence-electron chi connectivity index (χ1n) is 9.52. The van der Waals surface area contributed by atoms with Crippen molar-refractivity contribution in [3.8, 4) is 5.75 Å². The van der Waals surface area contributed by atoms with E-state index in [2.05, 4.69) is 4.99 Å². The van der Waals surface area contributed by atoms with Crippen LogP contribution < -0.4 is 16.2 Å². The number of fused-ring (bicyclic) bond motifs is 1. The van der Waals surface area contributed by atoms with E-state index in [4.69, 9.17) is 16.2 Å². The molecule has 3 aromatic carbocycles. The lowest BCUT2D eigenvalue weighted by Gasteiger charge is -2.13. The Bertz CT molecular complexity index is 1180. The summed E-state index contributed by atoms with van der Waals surface area (Å²) < 4.78 is 5.38. The summed E-state index contributed by atoms with van der Waals surface area (Å²) in [5, 5.41) is 0. The van der Waals surface area contributed by atoms with Crippen LogP contribution in [0, 0.1) is 0 Å². The molecule has 0 saturated carbocycles. The maximum absolute atomic E-state index is 12.4. The van der Waals surface area contributed by atoms with E-state index in [-0.39, 0.29) is 23.7 Å². The largest absolute Gasteiger partial charge is 0.423 e. The molecule has 0 bridgehead atoms. The minimum atomic E-state index is -0.521. The summed E-state index contributed by atoms with van der Waals surface area (Å²) >= 11 is 1.34. The maximum atomic E-state index is 12.4. The second kappa shape index (κ2) is 8.94. The van der Waals surface area contributed by atoms with Crippen molar-refractivity contribution < 1.29 is 19.1 Å². The molecule has 0 aliphatic carbocycles.